The molecular formula is C20H16N2O5. The molecular weight excluding hydrogens is 348 g/mol. The maximum atomic E-state index is 12.3. The number of fused-ring (bicyclic) bond motifs is 1. The number of benzene rings is 2. The Hall–Kier alpha value is -3.48. The molecule has 1 fully saturated rings. The number of carbonyl (C=O) groups excluding carboxylic acids is 3. The molecule has 0 N–H and O–H groups in total. The van der Waals surface area contributed by atoms with Gasteiger partial charge in [-0.2, -0.15) is 0 Å². The second kappa shape index (κ2) is 7.03. The van der Waals surface area contributed by atoms with Crippen LogP contribution in [0.3, 0.4) is 0 Å². The molecule has 136 valence electrons. The first kappa shape index (κ1) is 17.0. The van der Waals surface area contributed by atoms with Gasteiger partial charge >= 0.3 is 5.97 Å². The van der Waals surface area contributed by atoms with Crippen molar-refractivity contribution in [3.05, 3.63) is 54.1 Å². The van der Waals surface area contributed by atoms with Gasteiger partial charge in [-0.3, -0.25) is 14.5 Å². The van der Waals surface area contributed by atoms with Crippen LogP contribution >= 0.6 is 0 Å². The SMILES string of the molecule is O=C(OCC(=O)N1CCCC1=O)c1ccc2noc(-c3ccccc3)c2c1. The van der Waals surface area contributed by atoms with Crippen LogP contribution in [0.4, 0.5) is 0 Å². The van der Waals surface area contributed by atoms with Crippen LogP contribution < -0.4 is 0 Å². The topological polar surface area (TPSA) is 89.7 Å². The van der Waals surface area contributed by atoms with Crippen molar-refractivity contribution >= 4 is 28.7 Å². The Labute approximate surface area is 154 Å². The standard InChI is InChI=1S/C20H16N2O5/c23-17-7-4-10-22(17)18(24)12-26-20(25)14-8-9-16-15(11-14)19(27-21-16)13-5-2-1-3-6-13/h1-3,5-6,8-9,11H,4,7,10,12H2. The van der Waals surface area contributed by atoms with E-state index in [1.165, 1.54) is 0 Å². The maximum absolute atomic E-state index is 12.3. The first-order valence-electron chi connectivity index (χ1n) is 8.58. The minimum absolute atomic E-state index is 0.227. The van der Waals surface area contributed by atoms with Gasteiger partial charge < -0.3 is 9.26 Å². The Kier molecular flexibility index (Phi) is 4.42. The summed E-state index contributed by atoms with van der Waals surface area (Å²) in [6, 6.07) is 14.3. The van der Waals surface area contributed by atoms with Crippen molar-refractivity contribution in [2.45, 2.75) is 12.8 Å². The van der Waals surface area contributed by atoms with E-state index < -0.39 is 18.5 Å². The second-order valence-corrected chi connectivity index (χ2v) is 6.23. The van der Waals surface area contributed by atoms with Gasteiger partial charge in [-0.25, -0.2) is 4.79 Å². The van der Waals surface area contributed by atoms with Gasteiger partial charge in [0.15, 0.2) is 12.4 Å². The van der Waals surface area contributed by atoms with Crippen molar-refractivity contribution in [2.24, 2.45) is 0 Å². The number of hydrogen-bond donors (Lipinski definition) is 0. The number of amides is 2. The zero-order valence-corrected chi connectivity index (χ0v) is 14.4. The Bertz CT molecular complexity index is 1030. The molecule has 0 radical (unpaired) electrons. The molecule has 1 saturated heterocycles. The normalized spacial score (nSPS) is 13.9. The van der Waals surface area contributed by atoms with Crippen molar-refractivity contribution < 1.29 is 23.6 Å². The van der Waals surface area contributed by atoms with Crippen molar-refractivity contribution in [1.82, 2.24) is 10.1 Å². The number of imide groups is 1. The Morgan fingerprint density at radius 3 is 2.70 bits per heavy atom. The molecule has 1 aromatic heterocycles. The fourth-order valence-corrected chi connectivity index (χ4v) is 3.07. The number of esters is 1. The molecule has 0 unspecified atom stereocenters. The molecule has 7 nitrogen and oxygen atoms in total. The highest BCUT2D eigenvalue weighted by Gasteiger charge is 2.27. The molecule has 4 rings (SSSR count). The van der Waals surface area contributed by atoms with Crippen molar-refractivity contribution in [3.8, 4) is 11.3 Å². The van der Waals surface area contributed by atoms with Gasteiger partial charge in [0, 0.05) is 18.5 Å². The van der Waals surface area contributed by atoms with E-state index in [1.54, 1.807) is 18.2 Å². The quantitative estimate of drug-likeness (QED) is 0.661. The van der Waals surface area contributed by atoms with Crippen molar-refractivity contribution in [1.29, 1.82) is 0 Å². The number of hydrogen-bond acceptors (Lipinski definition) is 6. The third-order valence-corrected chi connectivity index (χ3v) is 4.45. The van der Waals surface area contributed by atoms with E-state index in [1.807, 2.05) is 30.3 Å². The highest BCUT2D eigenvalue weighted by molar-refractivity contribution is 6.01. The lowest BCUT2D eigenvalue weighted by Gasteiger charge is -2.13. The molecule has 0 atom stereocenters. The van der Waals surface area contributed by atoms with Crippen LogP contribution in [-0.2, 0) is 14.3 Å². The predicted octanol–water partition coefficient (Wildman–Crippen LogP) is 2.80. The van der Waals surface area contributed by atoms with Crippen molar-refractivity contribution in [3.63, 3.8) is 0 Å². The van der Waals surface area contributed by atoms with Gasteiger partial charge in [-0.05, 0) is 24.6 Å². The summed E-state index contributed by atoms with van der Waals surface area (Å²) < 4.78 is 10.5. The molecule has 3 aromatic rings. The summed E-state index contributed by atoms with van der Waals surface area (Å²) in [5.41, 5.74) is 1.74. The molecule has 1 aliphatic heterocycles. The molecule has 7 heteroatoms. The number of rotatable bonds is 4. The van der Waals surface area contributed by atoms with Gasteiger partial charge in [-0.15, -0.1) is 0 Å². The average molecular weight is 364 g/mol. The zero-order valence-electron chi connectivity index (χ0n) is 14.4. The third kappa shape index (κ3) is 3.31. The van der Waals surface area contributed by atoms with Gasteiger partial charge in [0.25, 0.3) is 5.91 Å². The monoisotopic (exact) mass is 364 g/mol. The summed E-state index contributed by atoms with van der Waals surface area (Å²) in [5.74, 6) is -0.813. The van der Waals surface area contributed by atoms with Gasteiger partial charge in [0.1, 0.15) is 5.52 Å². The fourth-order valence-electron chi connectivity index (χ4n) is 3.07. The van der Waals surface area contributed by atoms with Gasteiger partial charge in [0.2, 0.25) is 5.91 Å². The highest BCUT2D eigenvalue weighted by Crippen LogP contribution is 2.29. The van der Waals surface area contributed by atoms with Crippen molar-refractivity contribution in [2.75, 3.05) is 13.2 Å². The van der Waals surface area contributed by atoms with E-state index >= 15 is 0 Å². The molecule has 1 aliphatic rings. The number of likely N-dealkylation sites (tertiary alicyclic amines) is 1. The first-order valence-corrected chi connectivity index (χ1v) is 8.58. The predicted molar refractivity (Wildman–Crippen MR) is 95.7 cm³/mol. The van der Waals surface area contributed by atoms with E-state index in [0.717, 1.165) is 10.5 Å². The number of ether oxygens (including phenoxy) is 1. The third-order valence-electron chi connectivity index (χ3n) is 4.45. The van der Waals surface area contributed by atoms with E-state index in [0.29, 0.717) is 36.0 Å². The molecule has 0 bridgehead atoms. The second-order valence-electron chi connectivity index (χ2n) is 6.23. The zero-order chi connectivity index (χ0) is 18.8. The van der Waals surface area contributed by atoms with E-state index in [-0.39, 0.29) is 11.5 Å². The lowest BCUT2D eigenvalue weighted by molar-refractivity contribution is -0.143. The average Bonchev–Trinajstić information content (AvgIpc) is 3.32. The minimum Gasteiger partial charge on any atom is -0.452 e. The number of nitrogens with zero attached hydrogens (tertiary/aromatic N) is 2. The van der Waals surface area contributed by atoms with Crippen LogP contribution in [0.5, 0.6) is 0 Å². The summed E-state index contributed by atoms with van der Waals surface area (Å²) in [7, 11) is 0. The number of carbonyl (C=O) groups is 3. The largest absolute Gasteiger partial charge is 0.452 e. The molecule has 2 amide bonds. The Morgan fingerprint density at radius 1 is 1.15 bits per heavy atom. The van der Waals surface area contributed by atoms with Gasteiger partial charge in [0.05, 0.1) is 10.9 Å². The van der Waals surface area contributed by atoms with Crippen LogP contribution in [0.1, 0.15) is 23.2 Å². The Morgan fingerprint density at radius 2 is 1.96 bits per heavy atom. The summed E-state index contributed by atoms with van der Waals surface area (Å²) in [6.07, 6.45) is 0.997. The molecule has 2 heterocycles. The van der Waals surface area contributed by atoms with Crippen LogP contribution in [0.25, 0.3) is 22.2 Å². The van der Waals surface area contributed by atoms with Gasteiger partial charge in [-0.1, -0.05) is 35.5 Å². The summed E-state index contributed by atoms with van der Waals surface area (Å²) in [5, 5.41) is 4.68. The van der Waals surface area contributed by atoms with E-state index in [9.17, 15) is 14.4 Å². The minimum atomic E-state index is -0.642. The Balaban J connectivity index is 1.52. The summed E-state index contributed by atoms with van der Waals surface area (Å²) in [6.45, 7) is -0.0832. The summed E-state index contributed by atoms with van der Waals surface area (Å²) >= 11 is 0. The maximum Gasteiger partial charge on any atom is 0.338 e. The highest BCUT2D eigenvalue weighted by atomic mass is 16.5. The van der Waals surface area contributed by atoms with E-state index in [4.69, 9.17) is 9.26 Å². The lowest BCUT2D eigenvalue weighted by atomic mass is 10.1. The van der Waals surface area contributed by atoms with Crippen LogP contribution in [0, 0.1) is 0 Å². The molecule has 0 saturated carbocycles. The summed E-state index contributed by atoms with van der Waals surface area (Å²) in [4.78, 5) is 37.0. The first-order chi connectivity index (χ1) is 13.1. The molecule has 2 aromatic carbocycles. The smallest absolute Gasteiger partial charge is 0.338 e. The molecule has 0 aliphatic carbocycles. The van der Waals surface area contributed by atoms with Crippen LogP contribution in [0.15, 0.2) is 53.1 Å². The lowest BCUT2D eigenvalue weighted by Crippen LogP contribution is -2.35. The molecule has 0 spiro atoms. The van der Waals surface area contributed by atoms with Crippen LogP contribution in [0.2, 0.25) is 0 Å². The number of aromatic nitrogens is 1. The molecule has 27 heavy (non-hydrogen) atoms. The van der Waals surface area contributed by atoms with E-state index in [2.05, 4.69) is 5.16 Å². The van der Waals surface area contributed by atoms with Crippen LogP contribution in [-0.4, -0.2) is 41.0 Å². The fraction of sp³-hybridized carbons (Fsp3) is 0.200.